The van der Waals surface area contributed by atoms with Crippen molar-refractivity contribution < 1.29 is 8.42 Å². The predicted molar refractivity (Wildman–Crippen MR) is 115 cm³/mol. The van der Waals surface area contributed by atoms with Crippen LogP contribution in [0.2, 0.25) is 0 Å². The first-order valence-electron chi connectivity index (χ1n) is 9.67. The minimum atomic E-state index is -3.34. The Kier molecular flexibility index (Phi) is 5.44. The second-order valence-corrected chi connectivity index (χ2v) is 10.8. The molecule has 3 aromatic rings. The summed E-state index contributed by atoms with van der Waals surface area (Å²) >= 11 is 1.35. The molecule has 2 N–H and O–H groups in total. The summed E-state index contributed by atoms with van der Waals surface area (Å²) < 4.78 is 26.5. The lowest BCUT2D eigenvalue weighted by molar-refractivity contribution is 0.203. The van der Waals surface area contributed by atoms with Crippen LogP contribution in [0.15, 0.2) is 35.8 Å². The molecule has 0 atom stereocenters. The fraction of sp³-hybridized carbons (Fsp3) is 0.450. The third kappa shape index (κ3) is 4.09. The van der Waals surface area contributed by atoms with E-state index in [-0.39, 0.29) is 0 Å². The minimum absolute atomic E-state index is 0.456. The van der Waals surface area contributed by atoms with Crippen molar-refractivity contribution in [2.45, 2.75) is 44.4 Å². The van der Waals surface area contributed by atoms with E-state index in [0.29, 0.717) is 11.0 Å². The molecule has 0 saturated carbocycles. The molecule has 0 radical (unpaired) electrons. The highest BCUT2D eigenvalue weighted by atomic mass is 32.2. The maximum absolute atomic E-state index is 12.0. The molecule has 3 heterocycles. The van der Waals surface area contributed by atoms with Gasteiger partial charge in [0.25, 0.3) is 0 Å². The summed E-state index contributed by atoms with van der Waals surface area (Å²) in [6.45, 7) is 6.13. The Labute approximate surface area is 170 Å². The van der Waals surface area contributed by atoms with E-state index in [2.05, 4.69) is 50.1 Å². The average Bonchev–Trinajstić information content (AvgIpc) is 3.29. The molecule has 0 spiro atoms. The summed E-state index contributed by atoms with van der Waals surface area (Å²) in [5.41, 5.74) is 3.56. The SMILES string of the molecule is CC(C)S(=O)(=O)Nc1nc(CN2CCC(c3c[nH]c4ccccc34)CC2)cs1. The molecule has 0 unspecified atom stereocenters. The average molecular weight is 419 g/mol. The standard InChI is InChI=1S/C20H26N4O2S2/c1-14(2)28(25,26)23-20-22-16(13-27-20)12-24-9-7-15(8-10-24)18-11-21-19-6-4-3-5-17(18)19/h3-6,11,13-15,21H,7-10,12H2,1-2H3,(H,22,23). The molecule has 2 aromatic heterocycles. The zero-order valence-corrected chi connectivity index (χ0v) is 17.8. The van der Waals surface area contributed by atoms with Gasteiger partial charge >= 0.3 is 0 Å². The molecule has 1 aromatic carbocycles. The molecule has 1 aliphatic heterocycles. The van der Waals surface area contributed by atoms with Crippen molar-refractivity contribution in [1.29, 1.82) is 0 Å². The van der Waals surface area contributed by atoms with Crippen LogP contribution in [0.3, 0.4) is 0 Å². The zero-order valence-electron chi connectivity index (χ0n) is 16.2. The van der Waals surface area contributed by atoms with Gasteiger partial charge in [0.05, 0.1) is 10.9 Å². The van der Waals surface area contributed by atoms with Gasteiger partial charge in [0.1, 0.15) is 0 Å². The number of nitrogens with zero attached hydrogens (tertiary/aromatic N) is 2. The van der Waals surface area contributed by atoms with Gasteiger partial charge in [0.15, 0.2) is 5.13 Å². The fourth-order valence-corrected chi connectivity index (χ4v) is 5.34. The predicted octanol–water partition coefficient (Wildman–Crippen LogP) is 4.15. The first kappa shape index (κ1) is 19.4. The van der Waals surface area contributed by atoms with Crippen molar-refractivity contribution in [2.24, 2.45) is 0 Å². The lowest BCUT2D eigenvalue weighted by Gasteiger charge is -2.31. The first-order chi connectivity index (χ1) is 13.4. The largest absolute Gasteiger partial charge is 0.361 e. The van der Waals surface area contributed by atoms with Crippen molar-refractivity contribution in [1.82, 2.24) is 14.9 Å². The molecule has 28 heavy (non-hydrogen) atoms. The Morgan fingerprint density at radius 2 is 2.04 bits per heavy atom. The molecule has 0 amide bonds. The second kappa shape index (κ2) is 7.85. The number of fused-ring (bicyclic) bond motifs is 1. The van der Waals surface area contributed by atoms with Gasteiger partial charge in [0.2, 0.25) is 10.0 Å². The van der Waals surface area contributed by atoms with Crippen LogP contribution in [0.25, 0.3) is 10.9 Å². The van der Waals surface area contributed by atoms with Crippen molar-refractivity contribution in [2.75, 3.05) is 17.8 Å². The van der Waals surface area contributed by atoms with Gasteiger partial charge in [-0.3, -0.25) is 9.62 Å². The number of hydrogen-bond acceptors (Lipinski definition) is 5. The van der Waals surface area contributed by atoms with Gasteiger partial charge in [-0.25, -0.2) is 13.4 Å². The molecule has 150 valence electrons. The summed E-state index contributed by atoms with van der Waals surface area (Å²) in [6.07, 6.45) is 4.41. The molecule has 4 rings (SSSR count). The second-order valence-electron chi connectivity index (χ2n) is 7.68. The Morgan fingerprint density at radius 3 is 2.79 bits per heavy atom. The Hall–Kier alpha value is -1.90. The lowest BCUT2D eigenvalue weighted by Crippen LogP contribution is -2.32. The molecule has 0 aliphatic carbocycles. The maximum Gasteiger partial charge on any atom is 0.236 e. The summed E-state index contributed by atoms with van der Waals surface area (Å²) in [5, 5.41) is 3.27. The van der Waals surface area contributed by atoms with Crippen LogP contribution in [0.5, 0.6) is 0 Å². The number of para-hydroxylation sites is 1. The lowest BCUT2D eigenvalue weighted by atomic mass is 9.89. The number of likely N-dealkylation sites (tertiary alicyclic amines) is 1. The van der Waals surface area contributed by atoms with E-state index in [4.69, 9.17) is 0 Å². The highest BCUT2D eigenvalue weighted by Crippen LogP contribution is 2.33. The van der Waals surface area contributed by atoms with Gasteiger partial charge in [0, 0.05) is 29.0 Å². The number of piperidine rings is 1. The number of hydrogen-bond donors (Lipinski definition) is 2. The van der Waals surface area contributed by atoms with Crippen LogP contribution >= 0.6 is 11.3 Å². The van der Waals surface area contributed by atoms with Crippen molar-refractivity contribution in [3.8, 4) is 0 Å². The number of H-pyrrole nitrogens is 1. The number of sulfonamides is 1. The molecule has 1 saturated heterocycles. The van der Waals surface area contributed by atoms with E-state index in [0.717, 1.165) is 38.2 Å². The Morgan fingerprint density at radius 1 is 1.29 bits per heavy atom. The van der Waals surface area contributed by atoms with E-state index in [1.54, 1.807) is 13.8 Å². The summed E-state index contributed by atoms with van der Waals surface area (Å²) in [5.74, 6) is 0.580. The molecule has 6 nitrogen and oxygen atoms in total. The molecule has 8 heteroatoms. The summed E-state index contributed by atoms with van der Waals surface area (Å²) in [6, 6.07) is 8.49. The molecule has 1 fully saturated rings. The topological polar surface area (TPSA) is 78.1 Å². The van der Waals surface area contributed by atoms with Crippen LogP contribution in [-0.4, -0.2) is 41.6 Å². The highest BCUT2D eigenvalue weighted by Gasteiger charge is 2.23. The van der Waals surface area contributed by atoms with Gasteiger partial charge in [-0.1, -0.05) is 18.2 Å². The number of thiazole rings is 1. The van der Waals surface area contributed by atoms with Crippen LogP contribution < -0.4 is 4.72 Å². The van der Waals surface area contributed by atoms with E-state index < -0.39 is 15.3 Å². The number of aromatic amines is 1. The Balaban J connectivity index is 1.35. The fourth-order valence-electron chi connectivity index (χ4n) is 3.73. The number of anilines is 1. The van der Waals surface area contributed by atoms with E-state index in [1.807, 2.05) is 5.38 Å². The van der Waals surface area contributed by atoms with E-state index >= 15 is 0 Å². The molecular formula is C20H26N4O2S2. The minimum Gasteiger partial charge on any atom is -0.361 e. The van der Waals surface area contributed by atoms with Gasteiger partial charge in [-0.15, -0.1) is 11.3 Å². The maximum atomic E-state index is 12.0. The Bertz CT molecular complexity index is 1050. The van der Waals surface area contributed by atoms with Crippen LogP contribution in [0.4, 0.5) is 5.13 Å². The number of rotatable bonds is 6. The van der Waals surface area contributed by atoms with Crippen molar-refractivity contribution in [3.05, 3.63) is 47.1 Å². The third-order valence-corrected chi connectivity index (χ3v) is 8.09. The van der Waals surface area contributed by atoms with Crippen LogP contribution in [0.1, 0.15) is 43.9 Å². The van der Waals surface area contributed by atoms with Crippen LogP contribution in [-0.2, 0) is 16.6 Å². The number of nitrogens with one attached hydrogen (secondary N) is 2. The van der Waals surface area contributed by atoms with Crippen LogP contribution in [0, 0.1) is 0 Å². The van der Waals surface area contributed by atoms with E-state index in [9.17, 15) is 8.42 Å². The zero-order chi connectivity index (χ0) is 19.7. The summed E-state index contributed by atoms with van der Waals surface area (Å²) in [4.78, 5) is 10.3. The first-order valence-corrected chi connectivity index (χ1v) is 12.1. The molecule has 1 aliphatic rings. The van der Waals surface area contributed by atoms with Gasteiger partial charge in [-0.2, -0.15) is 0 Å². The highest BCUT2D eigenvalue weighted by molar-refractivity contribution is 7.93. The monoisotopic (exact) mass is 418 g/mol. The van der Waals surface area contributed by atoms with Gasteiger partial charge in [-0.05, 0) is 57.3 Å². The quantitative estimate of drug-likeness (QED) is 0.630. The number of benzene rings is 1. The van der Waals surface area contributed by atoms with Crippen molar-refractivity contribution in [3.63, 3.8) is 0 Å². The van der Waals surface area contributed by atoms with E-state index in [1.165, 1.54) is 27.8 Å². The molecular weight excluding hydrogens is 392 g/mol. The van der Waals surface area contributed by atoms with Gasteiger partial charge < -0.3 is 4.98 Å². The van der Waals surface area contributed by atoms with Crippen molar-refractivity contribution >= 4 is 37.4 Å². The normalized spacial score (nSPS) is 16.8. The smallest absolute Gasteiger partial charge is 0.236 e. The summed E-state index contributed by atoms with van der Waals surface area (Å²) in [7, 11) is -3.34. The molecule has 0 bridgehead atoms. The number of aromatic nitrogens is 2. The third-order valence-electron chi connectivity index (χ3n) is 5.44.